The summed E-state index contributed by atoms with van der Waals surface area (Å²) in [5.41, 5.74) is -0.509. The molecule has 0 aromatic heterocycles. The number of halogens is 2. The fourth-order valence-corrected chi connectivity index (χ4v) is 1.52. The second-order valence-corrected chi connectivity index (χ2v) is 4.22. The van der Waals surface area contributed by atoms with Gasteiger partial charge in [-0.2, -0.15) is 4.99 Å². The van der Waals surface area contributed by atoms with Crippen molar-refractivity contribution < 1.29 is 9.18 Å². The summed E-state index contributed by atoms with van der Waals surface area (Å²) in [5.74, 6) is -0.392. The number of hydrogen-bond donors (Lipinski definition) is 0. The summed E-state index contributed by atoms with van der Waals surface area (Å²) in [6, 6.07) is 4.89. The molecule has 14 heavy (non-hydrogen) atoms. The first-order chi connectivity index (χ1) is 6.49. The van der Waals surface area contributed by atoms with Crippen LogP contribution in [0.4, 0.5) is 4.39 Å². The van der Waals surface area contributed by atoms with Gasteiger partial charge in [-0.15, -0.1) is 0 Å². The molecule has 0 unspecified atom stereocenters. The fourth-order valence-electron chi connectivity index (χ4n) is 1.15. The first-order valence-electron chi connectivity index (χ1n) is 4.02. The molecule has 0 aliphatic heterocycles. The van der Waals surface area contributed by atoms with E-state index in [-0.39, 0.29) is 0 Å². The quantitative estimate of drug-likeness (QED) is 0.591. The molecule has 74 valence electrons. The van der Waals surface area contributed by atoms with Crippen molar-refractivity contribution in [2.75, 3.05) is 0 Å². The molecule has 0 aliphatic carbocycles. The summed E-state index contributed by atoms with van der Waals surface area (Å²) in [7, 11) is 0. The van der Waals surface area contributed by atoms with Gasteiger partial charge in [-0.05, 0) is 35.8 Å². The second kappa shape index (κ2) is 4.03. The minimum absolute atomic E-state index is 0.365. The highest BCUT2D eigenvalue weighted by atomic mass is 79.9. The maximum Gasteiger partial charge on any atom is 0.235 e. The number of isocyanates is 1. The fraction of sp³-hybridized carbons (Fsp3) is 0.300. The van der Waals surface area contributed by atoms with Gasteiger partial charge >= 0.3 is 0 Å². The van der Waals surface area contributed by atoms with Crippen molar-refractivity contribution >= 4 is 22.0 Å². The third-order valence-corrected chi connectivity index (χ3v) is 2.55. The number of benzene rings is 1. The number of hydrogen-bond acceptors (Lipinski definition) is 2. The van der Waals surface area contributed by atoms with Crippen molar-refractivity contribution in [2.45, 2.75) is 19.4 Å². The van der Waals surface area contributed by atoms with E-state index in [4.69, 9.17) is 0 Å². The lowest BCUT2D eigenvalue weighted by Crippen LogP contribution is -2.15. The lowest BCUT2D eigenvalue weighted by atomic mass is 9.95. The van der Waals surface area contributed by atoms with Crippen LogP contribution in [-0.4, -0.2) is 6.08 Å². The van der Waals surface area contributed by atoms with Crippen LogP contribution in [0.15, 0.2) is 27.7 Å². The van der Waals surface area contributed by atoms with Gasteiger partial charge in [-0.25, -0.2) is 9.18 Å². The molecule has 0 heterocycles. The molecule has 0 saturated carbocycles. The monoisotopic (exact) mass is 257 g/mol. The third kappa shape index (κ3) is 2.08. The van der Waals surface area contributed by atoms with Gasteiger partial charge in [0.15, 0.2) is 0 Å². The molecule has 0 N–H and O–H groups in total. The van der Waals surface area contributed by atoms with Crippen molar-refractivity contribution in [1.29, 1.82) is 0 Å². The van der Waals surface area contributed by atoms with Crippen molar-refractivity contribution in [2.24, 2.45) is 4.99 Å². The number of rotatable bonds is 2. The SMILES string of the molecule is CC(C)(N=C=O)c1cccc(Br)c1F. The maximum atomic E-state index is 13.6. The van der Waals surface area contributed by atoms with E-state index in [1.165, 1.54) is 6.08 Å². The standard InChI is InChI=1S/C10H9BrFNO/c1-10(2,13-6-14)7-4-3-5-8(11)9(7)12/h3-5H,1-2H3. The number of nitrogens with zero attached hydrogens (tertiary/aromatic N) is 1. The molecular formula is C10H9BrFNO. The Morgan fingerprint density at radius 1 is 1.50 bits per heavy atom. The van der Waals surface area contributed by atoms with Crippen LogP contribution in [0.2, 0.25) is 0 Å². The molecule has 1 aromatic rings. The van der Waals surface area contributed by atoms with Crippen LogP contribution in [0.1, 0.15) is 19.4 Å². The van der Waals surface area contributed by atoms with Crippen molar-refractivity contribution in [3.63, 3.8) is 0 Å². The zero-order chi connectivity index (χ0) is 10.8. The Morgan fingerprint density at radius 2 is 2.14 bits per heavy atom. The van der Waals surface area contributed by atoms with Crippen LogP contribution in [-0.2, 0) is 10.3 Å². The largest absolute Gasteiger partial charge is 0.235 e. The lowest BCUT2D eigenvalue weighted by molar-refractivity contribution is 0.490. The van der Waals surface area contributed by atoms with Crippen LogP contribution in [0.5, 0.6) is 0 Å². The van der Waals surface area contributed by atoms with E-state index in [2.05, 4.69) is 20.9 Å². The van der Waals surface area contributed by atoms with Gasteiger partial charge in [-0.3, -0.25) is 0 Å². The molecular weight excluding hydrogens is 249 g/mol. The zero-order valence-electron chi connectivity index (χ0n) is 7.84. The number of carbonyl (C=O) groups excluding carboxylic acids is 1. The van der Waals surface area contributed by atoms with Crippen molar-refractivity contribution in [3.8, 4) is 0 Å². The van der Waals surface area contributed by atoms with E-state index >= 15 is 0 Å². The van der Waals surface area contributed by atoms with Gasteiger partial charge in [0.05, 0.1) is 10.0 Å². The maximum absolute atomic E-state index is 13.6. The Kier molecular flexibility index (Phi) is 3.19. The molecule has 0 atom stereocenters. The molecule has 4 heteroatoms. The topological polar surface area (TPSA) is 29.4 Å². The predicted octanol–water partition coefficient (Wildman–Crippen LogP) is 3.16. The Bertz CT molecular complexity index is 397. The summed E-state index contributed by atoms with van der Waals surface area (Å²) in [5, 5.41) is 0. The Labute approximate surface area is 90.0 Å². The highest BCUT2D eigenvalue weighted by Crippen LogP contribution is 2.30. The van der Waals surface area contributed by atoms with Gasteiger partial charge in [0, 0.05) is 5.56 Å². The zero-order valence-corrected chi connectivity index (χ0v) is 9.43. The van der Waals surface area contributed by atoms with E-state index < -0.39 is 11.4 Å². The Morgan fingerprint density at radius 3 is 2.71 bits per heavy atom. The lowest BCUT2D eigenvalue weighted by Gasteiger charge is -2.18. The van der Waals surface area contributed by atoms with Gasteiger partial charge in [0.25, 0.3) is 0 Å². The summed E-state index contributed by atoms with van der Waals surface area (Å²) in [6.45, 7) is 3.31. The van der Waals surface area contributed by atoms with E-state index in [9.17, 15) is 9.18 Å². The predicted molar refractivity (Wildman–Crippen MR) is 55.2 cm³/mol. The average molecular weight is 258 g/mol. The normalized spacial score (nSPS) is 10.9. The van der Waals surface area contributed by atoms with Crippen LogP contribution < -0.4 is 0 Å². The Balaban J connectivity index is 3.32. The van der Waals surface area contributed by atoms with Crippen LogP contribution in [0.25, 0.3) is 0 Å². The molecule has 0 amide bonds. The van der Waals surface area contributed by atoms with E-state index in [1.807, 2.05) is 0 Å². The summed E-state index contributed by atoms with van der Waals surface area (Å²) in [4.78, 5) is 13.7. The summed E-state index contributed by atoms with van der Waals surface area (Å²) in [6.07, 6.45) is 1.45. The van der Waals surface area contributed by atoms with Crippen molar-refractivity contribution in [1.82, 2.24) is 0 Å². The molecule has 0 fully saturated rings. The molecule has 2 nitrogen and oxygen atoms in total. The van der Waals surface area contributed by atoms with E-state index in [0.717, 1.165) is 0 Å². The van der Waals surface area contributed by atoms with E-state index in [1.54, 1.807) is 32.0 Å². The molecule has 1 aromatic carbocycles. The van der Waals surface area contributed by atoms with Gasteiger partial charge in [-0.1, -0.05) is 12.1 Å². The van der Waals surface area contributed by atoms with Gasteiger partial charge in [0.1, 0.15) is 5.82 Å². The molecule has 0 bridgehead atoms. The average Bonchev–Trinajstić information content (AvgIpc) is 2.09. The van der Waals surface area contributed by atoms with Crippen LogP contribution in [0.3, 0.4) is 0 Å². The minimum atomic E-state index is -0.879. The molecule has 0 aliphatic rings. The van der Waals surface area contributed by atoms with Crippen LogP contribution in [0, 0.1) is 5.82 Å². The summed E-state index contributed by atoms with van der Waals surface area (Å²) >= 11 is 3.07. The second-order valence-electron chi connectivity index (χ2n) is 3.36. The molecule has 0 spiro atoms. The summed E-state index contributed by atoms with van der Waals surface area (Å²) < 4.78 is 13.9. The highest BCUT2D eigenvalue weighted by molar-refractivity contribution is 9.10. The molecule has 0 saturated heterocycles. The van der Waals surface area contributed by atoms with Gasteiger partial charge < -0.3 is 0 Å². The first-order valence-corrected chi connectivity index (χ1v) is 4.82. The smallest absolute Gasteiger partial charge is 0.211 e. The minimum Gasteiger partial charge on any atom is -0.211 e. The van der Waals surface area contributed by atoms with Crippen molar-refractivity contribution in [3.05, 3.63) is 34.1 Å². The Hall–Kier alpha value is -0.990. The molecule has 1 rings (SSSR count). The third-order valence-electron chi connectivity index (χ3n) is 1.94. The molecule has 0 radical (unpaired) electrons. The van der Waals surface area contributed by atoms with Gasteiger partial charge in [0.2, 0.25) is 6.08 Å². The first kappa shape index (κ1) is 11.1. The van der Waals surface area contributed by atoms with E-state index in [0.29, 0.717) is 10.0 Å². The van der Waals surface area contributed by atoms with Crippen LogP contribution >= 0.6 is 15.9 Å². The highest BCUT2D eigenvalue weighted by Gasteiger charge is 2.24. The number of aliphatic imine (C=N–C) groups is 1.